The number of aromatic nitrogens is 2. The van der Waals surface area contributed by atoms with Crippen LogP contribution in [0.25, 0.3) is 0 Å². The number of nitrogens with two attached hydrogens (primary N) is 1. The molecule has 17 heavy (non-hydrogen) atoms. The van der Waals surface area contributed by atoms with Crippen LogP contribution >= 0.6 is 15.9 Å². The van der Waals surface area contributed by atoms with E-state index in [2.05, 4.69) is 31.3 Å². The van der Waals surface area contributed by atoms with Crippen LogP contribution in [0.2, 0.25) is 0 Å². The summed E-state index contributed by atoms with van der Waals surface area (Å²) in [6.45, 7) is 0. The van der Waals surface area contributed by atoms with Crippen molar-refractivity contribution in [3.8, 4) is 11.6 Å². The molecule has 0 aliphatic heterocycles. The van der Waals surface area contributed by atoms with Crippen LogP contribution in [-0.2, 0) is 0 Å². The predicted molar refractivity (Wildman–Crippen MR) is 64.0 cm³/mol. The van der Waals surface area contributed by atoms with Gasteiger partial charge in [0.1, 0.15) is 11.6 Å². The van der Waals surface area contributed by atoms with Crippen molar-refractivity contribution in [2.24, 2.45) is 5.84 Å². The molecule has 0 aliphatic carbocycles. The molecule has 0 fully saturated rings. The molecule has 0 aliphatic rings. The van der Waals surface area contributed by atoms with Crippen LogP contribution in [0.3, 0.4) is 0 Å². The molecule has 0 radical (unpaired) electrons. The number of anilines is 1. The summed E-state index contributed by atoms with van der Waals surface area (Å²) >= 11 is 3.25. The summed E-state index contributed by atoms with van der Waals surface area (Å²) in [4.78, 5) is 7.77. The Kier molecular flexibility index (Phi) is 3.50. The third-order valence-corrected chi connectivity index (χ3v) is 2.52. The standard InChI is InChI=1S/C10H8BrFN4O/c11-7-2-1-6(12)5-8(7)17-9-3-4-14-10(15-9)16-13/h1-5H,13H2,(H,14,15,16). The van der Waals surface area contributed by atoms with Gasteiger partial charge in [-0.25, -0.2) is 15.2 Å². The van der Waals surface area contributed by atoms with E-state index in [0.717, 1.165) is 0 Å². The maximum atomic E-state index is 13.0. The van der Waals surface area contributed by atoms with Crippen LogP contribution < -0.4 is 16.0 Å². The number of rotatable bonds is 3. The number of hydrogen-bond acceptors (Lipinski definition) is 5. The van der Waals surface area contributed by atoms with Gasteiger partial charge in [0.05, 0.1) is 4.47 Å². The first-order valence-electron chi connectivity index (χ1n) is 4.61. The molecule has 7 heteroatoms. The van der Waals surface area contributed by atoms with Gasteiger partial charge in [0.25, 0.3) is 0 Å². The van der Waals surface area contributed by atoms with Crippen molar-refractivity contribution in [3.05, 3.63) is 40.8 Å². The lowest BCUT2D eigenvalue weighted by molar-refractivity contribution is 0.454. The smallest absolute Gasteiger partial charge is 0.240 e. The first kappa shape index (κ1) is 11.7. The molecule has 1 heterocycles. The number of nitrogens with one attached hydrogen (secondary N) is 1. The number of halogens is 2. The normalized spacial score (nSPS) is 10.1. The summed E-state index contributed by atoms with van der Waals surface area (Å²) in [6, 6.07) is 5.66. The third kappa shape index (κ3) is 2.89. The molecule has 0 spiro atoms. The monoisotopic (exact) mass is 298 g/mol. The molecule has 2 rings (SSSR count). The zero-order valence-corrected chi connectivity index (χ0v) is 10.1. The van der Waals surface area contributed by atoms with Crippen molar-refractivity contribution in [1.29, 1.82) is 0 Å². The van der Waals surface area contributed by atoms with Gasteiger partial charge in [0.2, 0.25) is 11.8 Å². The number of nitrogen functional groups attached to an aromatic ring is 1. The maximum absolute atomic E-state index is 13.0. The van der Waals surface area contributed by atoms with Crippen LogP contribution in [0.1, 0.15) is 0 Å². The second-order valence-electron chi connectivity index (χ2n) is 3.04. The van der Waals surface area contributed by atoms with E-state index in [1.165, 1.54) is 24.4 Å². The van der Waals surface area contributed by atoms with Gasteiger partial charge in [0, 0.05) is 18.3 Å². The van der Waals surface area contributed by atoms with Crippen molar-refractivity contribution in [2.45, 2.75) is 0 Å². The van der Waals surface area contributed by atoms with E-state index in [9.17, 15) is 4.39 Å². The summed E-state index contributed by atoms with van der Waals surface area (Å²) in [5.41, 5.74) is 2.29. The van der Waals surface area contributed by atoms with E-state index in [1.54, 1.807) is 6.07 Å². The van der Waals surface area contributed by atoms with Crippen molar-refractivity contribution in [1.82, 2.24) is 9.97 Å². The summed E-state index contributed by atoms with van der Waals surface area (Å²) in [5, 5.41) is 0. The predicted octanol–water partition coefficient (Wildman–Crippen LogP) is 2.46. The minimum atomic E-state index is -0.394. The van der Waals surface area contributed by atoms with Crippen LogP contribution in [-0.4, -0.2) is 9.97 Å². The Morgan fingerprint density at radius 2 is 2.18 bits per heavy atom. The molecule has 88 valence electrons. The lowest BCUT2D eigenvalue weighted by Gasteiger charge is -2.07. The van der Waals surface area contributed by atoms with E-state index in [-0.39, 0.29) is 11.8 Å². The molecule has 2 aromatic rings. The van der Waals surface area contributed by atoms with E-state index in [4.69, 9.17) is 10.6 Å². The third-order valence-electron chi connectivity index (χ3n) is 1.87. The average Bonchev–Trinajstić information content (AvgIpc) is 2.34. The van der Waals surface area contributed by atoms with E-state index in [1.807, 2.05) is 0 Å². The highest BCUT2D eigenvalue weighted by Gasteiger charge is 2.06. The Bertz CT molecular complexity index is 537. The lowest BCUT2D eigenvalue weighted by Crippen LogP contribution is -2.10. The fourth-order valence-corrected chi connectivity index (χ4v) is 1.46. The van der Waals surface area contributed by atoms with Crippen LogP contribution in [0.4, 0.5) is 10.3 Å². The van der Waals surface area contributed by atoms with Crippen LogP contribution in [0, 0.1) is 5.82 Å². The molecule has 0 amide bonds. The molecule has 0 bridgehead atoms. The first-order chi connectivity index (χ1) is 8.19. The lowest BCUT2D eigenvalue weighted by atomic mass is 10.3. The molecule has 0 unspecified atom stereocenters. The van der Waals surface area contributed by atoms with E-state index in [0.29, 0.717) is 10.2 Å². The maximum Gasteiger partial charge on any atom is 0.240 e. The van der Waals surface area contributed by atoms with Gasteiger partial charge in [0.15, 0.2) is 0 Å². The molecule has 0 atom stereocenters. The highest BCUT2D eigenvalue weighted by atomic mass is 79.9. The highest BCUT2D eigenvalue weighted by Crippen LogP contribution is 2.29. The Labute approximate surface area is 105 Å². The van der Waals surface area contributed by atoms with Gasteiger partial charge in [-0.05, 0) is 28.1 Å². The van der Waals surface area contributed by atoms with Crippen LogP contribution in [0.15, 0.2) is 34.9 Å². The van der Waals surface area contributed by atoms with Gasteiger partial charge >= 0.3 is 0 Å². The molecule has 5 nitrogen and oxygen atoms in total. The minimum Gasteiger partial charge on any atom is -0.438 e. The number of nitrogens with zero attached hydrogens (tertiary/aromatic N) is 2. The molecule has 1 aromatic heterocycles. The minimum absolute atomic E-state index is 0.218. The summed E-state index contributed by atoms with van der Waals surface area (Å²) in [5.74, 6) is 5.58. The number of hydrazine groups is 1. The van der Waals surface area contributed by atoms with Gasteiger partial charge in [-0.15, -0.1) is 0 Å². The van der Waals surface area contributed by atoms with E-state index >= 15 is 0 Å². The molecular formula is C10H8BrFN4O. The summed E-state index contributed by atoms with van der Waals surface area (Å²) in [7, 11) is 0. The number of hydrogen-bond donors (Lipinski definition) is 2. The second kappa shape index (κ2) is 5.07. The van der Waals surface area contributed by atoms with Crippen molar-refractivity contribution in [3.63, 3.8) is 0 Å². The largest absolute Gasteiger partial charge is 0.438 e. The Balaban J connectivity index is 2.27. The Hall–Kier alpha value is -1.73. The van der Waals surface area contributed by atoms with Crippen molar-refractivity contribution < 1.29 is 9.13 Å². The fourth-order valence-electron chi connectivity index (χ4n) is 1.14. The summed E-state index contributed by atoms with van der Waals surface area (Å²) in [6.07, 6.45) is 1.48. The van der Waals surface area contributed by atoms with Gasteiger partial charge in [-0.1, -0.05) is 0 Å². The SMILES string of the molecule is NNc1nccc(Oc2cc(F)ccc2Br)n1. The van der Waals surface area contributed by atoms with Crippen molar-refractivity contribution >= 4 is 21.9 Å². The zero-order chi connectivity index (χ0) is 12.3. The van der Waals surface area contributed by atoms with Gasteiger partial charge in [-0.2, -0.15) is 4.98 Å². The van der Waals surface area contributed by atoms with Crippen molar-refractivity contribution in [2.75, 3.05) is 5.43 Å². The highest BCUT2D eigenvalue weighted by molar-refractivity contribution is 9.10. The van der Waals surface area contributed by atoms with E-state index < -0.39 is 5.82 Å². The Morgan fingerprint density at radius 1 is 1.35 bits per heavy atom. The van der Waals surface area contributed by atoms with Crippen LogP contribution in [0.5, 0.6) is 11.6 Å². The quantitative estimate of drug-likeness (QED) is 0.673. The topological polar surface area (TPSA) is 73.1 Å². The molecule has 0 saturated carbocycles. The summed E-state index contributed by atoms with van der Waals surface area (Å²) < 4.78 is 19.1. The molecule has 3 N–H and O–H groups in total. The number of ether oxygens (including phenoxy) is 1. The average molecular weight is 299 g/mol. The first-order valence-corrected chi connectivity index (χ1v) is 5.41. The zero-order valence-electron chi connectivity index (χ0n) is 8.52. The van der Waals surface area contributed by atoms with Gasteiger partial charge < -0.3 is 4.74 Å². The number of benzene rings is 1. The fraction of sp³-hybridized carbons (Fsp3) is 0. The molecular weight excluding hydrogens is 291 g/mol. The Morgan fingerprint density at radius 3 is 2.94 bits per heavy atom. The molecule has 0 saturated heterocycles. The second-order valence-corrected chi connectivity index (χ2v) is 3.89. The molecule has 1 aromatic carbocycles. The van der Waals surface area contributed by atoms with Gasteiger partial charge in [-0.3, -0.25) is 5.43 Å².